The zero-order valence-corrected chi connectivity index (χ0v) is 10.8. The second-order valence-electron chi connectivity index (χ2n) is 3.30. The van der Waals surface area contributed by atoms with Gasteiger partial charge in [-0.25, -0.2) is 4.98 Å². The molecule has 0 aliphatic carbocycles. The average Bonchev–Trinajstić information content (AvgIpc) is 2.76. The number of aromatic amines is 2. The van der Waals surface area contributed by atoms with Gasteiger partial charge in [0, 0.05) is 18.0 Å². The number of aromatic nitrogens is 3. The van der Waals surface area contributed by atoms with Gasteiger partial charge in [0.2, 0.25) is 5.78 Å². The zero-order chi connectivity index (χ0) is 12.3. The highest BCUT2D eigenvalue weighted by Gasteiger charge is 2.11. The van der Waals surface area contributed by atoms with Crippen molar-refractivity contribution in [1.82, 2.24) is 15.0 Å². The van der Waals surface area contributed by atoms with E-state index in [2.05, 4.69) is 15.0 Å². The lowest BCUT2D eigenvalue weighted by atomic mass is 10.1. The highest BCUT2D eigenvalue weighted by Crippen LogP contribution is 2.17. The molecule has 6 heteroatoms. The summed E-state index contributed by atoms with van der Waals surface area (Å²) in [5, 5.41) is 0.854. The molecule has 2 rings (SSSR count). The molecule has 2 aromatic heterocycles. The topological polar surface area (TPSA) is 61.5 Å². The Morgan fingerprint density at radius 3 is 3.06 bits per heavy atom. The van der Waals surface area contributed by atoms with E-state index in [9.17, 15) is 4.79 Å². The van der Waals surface area contributed by atoms with Crippen LogP contribution in [0.3, 0.4) is 0 Å². The van der Waals surface area contributed by atoms with E-state index in [1.807, 2.05) is 6.92 Å². The van der Waals surface area contributed by atoms with E-state index in [0.29, 0.717) is 16.0 Å². The number of thioether (sulfide) groups is 1. The number of hydrogen-bond acceptors (Lipinski definition) is 4. The predicted molar refractivity (Wildman–Crippen MR) is 70.0 cm³/mol. The molecule has 0 bridgehead atoms. The Morgan fingerprint density at radius 2 is 2.41 bits per heavy atom. The third kappa shape index (κ3) is 2.83. The summed E-state index contributed by atoms with van der Waals surface area (Å²) in [6.45, 7) is 2.05. The lowest BCUT2D eigenvalue weighted by Gasteiger charge is -2.01. The van der Waals surface area contributed by atoms with E-state index in [1.165, 1.54) is 0 Å². The minimum Gasteiger partial charge on any atom is -0.337 e. The van der Waals surface area contributed by atoms with Gasteiger partial charge >= 0.3 is 0 Å². The summed E-state index contributed by atoms with van der Waals surface area (Å²) >= 11 is 6.50. The number of rotatable bonds is 4. The highest BCUT2D eigenvalue weighted by molar-refractivity contribution is 7.99. The van der Waals surface area contributed by atoms with Crippen molar-refractivity contribution >= 4 is 29.8 Å². The summed E-state index contributed by atoms with van der Waals surface area (Å²) in [6, 6.07) is 3.49. The monoisotopic (exact) mass is 265 g/mol. The molecule has 4 nitrogen and oxygen atoms in total. The summed E-state index contributed by atoms with van der Waals surface area (Å²) in [5.74, 6) is 0.842. The Kier molecular flexibility index (Phi) is 3.75. The fraction of sp³-hybridized carbons (Fsp3) is 0.182. The van der Waals surface area contributed by atoms with Gasteiger partial charge in [0.15, 0.2) is 4.77 Å². The summed E-state index contributed by atoms with van der Waals surface area (Å²) in [7, 11) is 0. The van der Waals surface area contributed by atoms with Crippen LogP contribution in [-0.4, -0.2) is 26.5 Å². The van der Waals surface area contributed by atoms with Gasteiger partial charge in [-0.1, -0.05) is 6.92 Å². The van der Waals surface area contributed by atoms with Crippen molar-refractivity contribution in [2.75, 3.05) is 5.75 Å². The molecule has 0 aromatic carbocycles. The first-order chi connectivity index (χ1) is 8.20. The molecule has 0 unspecified atom stereocenters. The third-order valence-electron chi connectivity index (χ3n) is 2.13. The standard InChI is InChI=1S/C11H11N3OS2/c1-2-17-9-5-7(3-4-12-9)10(15)8-6-13-11(16)14-8/h3-6H,2H2,1H3,(H2,13,14,16). The second kappa shape index (κ2) is 5.29. The largest absolute Gasteiger partial charge is 0.337 e. The molecule has 0 radical (unpaired) electrons. The van der Waals surface area contributed by atoms with Crippen LogP contribution in [0.1, 0.15) is 23.0 Å². The number of nitrogens with zero attached hydrogens (tertiary/aromatic N) is 1. The van der Waals surface area contributed by atoms with Crippen molar-refractivity contribution in [2.45, 2.75) is 11.9 Å². The number of imidazole rings is 1. The van der Waals surface area contributed by atoms with E-state index in [0.717, 1.165) is 10.8 Å². The summed E-state index contributed by atoms with van der Waals surface area (Å²) in [6.07, 6.45) is 3.23. The summed E-state index contributed by atoms with van der Waals surface area (Å²) in [5.41, 5.74) is 1.08. The number of hydrogen-bond donors (Lipinski definition) is 2. The Balaban J connectivity index is 2.30. The molecular weight excluding hydrogens is 254 g/mol. The molecule has 0 amide bonds. The number of carbonyl (C=O) groups excluding carboxylic acids is 1. The fourth-order valence-corrected chi connectivity index (χ4v) is 2.20. The molecule has 17 heavy (non-hydrogen) atoms. The first-order valence-corrected chi connectivity index (χ1v) is 6.51. The highest BCUT2D eigenvalue weighted by atomic mass is 32.2. The second-order valence-corrected chi connectivity index (χ2v) is 4.99. The van der Waals surface area contributed by atoms with Crippen molar-refractivity contribution in [1.29, 1.82) is 0 Å². The van der Waals surface area contributed by atoms with Crippen LogP contribution in [0.5, 0.6) is 0 Å². The van der Waals surface area contributed by atoms with Crippen molar-refractivity contribution in [2.24, 2.45) is 0 Å². The molecule has 2 N–H and O–H groups in total. The lowest BCUT2D eigenvalue weighted by Crippen LogP contribution is -2.02. The fourth-order valence-electron chi connectivity index (χ4n) is 1.39. The van der Waals surface area contributed by atoms with Gasteiger partial charge in [0.05, 0.1) is 5.03 Å². The number of ketones is 1. The van der Waals surface area contributed by atoms with Crippen molar-refractivity contribution in [3.63, 3.8) is 0 Å². The van der Waals surface area contributed by atoms with Crippen LogP contribution in [0.2, 0.25) is 0 Å². The van der Waals surface area contributed by atoms with Crippen LogP contribution < -0.4 is 0 Å². The number of H-pyrrole nitrogens is 2. The van der Waals surface area contributed by atoms with Gasteiger partial charge in [-0.2, -0.15) is 0 Å². The molecule has 2 aromatic rings. The Hall–Kier alpha value is -1.40. The van der Waals surface area contributed by atoms with Crippen molar-refractivity contribution in [3.8, 4) is 0 Å². The minimum absolute atomic E-state index is 0.0855. The molecular formula is C11H11N3OS2. The summed E-state index contributed by atoms with van der Waals surface area (Å²) < 4.78 is 0.450. The van der Waals surface area contributed by atoms with Gasteiger partial charge in [-0.15, -0.1) is 11.8 Å². The van der Waals surface area contributed by atoms with E-state index in [1.54, 1.807) is 36.3 Å². The molecule has 0 aliphatic rings. The maximum Gasteiger partial charge on any atom is 0.210 e. The average molecular weight is 265 g/mol. The first kappa shape index (κ1) is 12.1. The van der Waals surface area contributed by atoms with Gasteiger partial charge < -0.3 is 9.97 Å². The maximum absolute atomic E-state index is 12.1. The van der Waals surface area contributed by atoms with Gasteiger partial charge in [0.1, 0.15) is 5.69 Å². The molecule has 0 saturated heterocycles. The number of carbonyl (C=O) groups is 1. The third-order valence-corrected chi connectivity index (χ3v) is 3.16. The van der Waals surface area contributed by atoms with Crippen molar-refractivity contribution < 1.29 is 4.79 Å². The van der Waals surface area contributed by atoms with Crippen LogP contribution in [0.4, 0.5) is 0 Å². The Morgan fingerprint density at radius 1 is 1.59 bits per heavy atom. The van der Waals surface area contributed by atoms with E-state index >= 15 is 0 Å². The van der Waals surface area contributed by atoms with Gasteiger partial charge in [-0.3, -0.25) is 4.79 Å². The first-order valence-electron chi connectivity index (χ1n) is 5.12. The smallest absolute Gasteiger partial charge is 0.210 e. The van der Waals surface area contributed by atoms with E-state index in [-0.39, 0.29) is 5.78 Å². The van der Waals surface area contributed by atoms with Crippen LogP contribution in [0.15, 0.2) is 29.6 Å². The molecule has 0 saturated carbocycles. The predicted octanol–water partition coefficient (Wildman–Crippen LogP) is 2.81. The Labute approximate surface area is 108 Å². The van der Waals surface area contributed by atoms with E-state index < -0.39 is 0 Å². The maximum atomic E-state index is 12.1. The number of nitrogens with one attached hydrogen (secondary N) is 2. The molecule has 0 fully saturated rings. The minimum atomic E-state index is -0.0855. The molecule has 0 spiro atoms. The van der Waals surface area contributed by atoms with Crippen LogP contribution in [0, 0.1) is 4.77 Å². The Bertz CT molecular complexity index is 588. The quantitative estimate of drug-likeness (QED) is 0.507. The lowest BCUT2D eigenvalue weighted by molar-refractivity contribution is 0.103. The van der Waals surface area contributed by atoms with Gasteiger partial charge in [0.25, 0.3) is 0 Å². The molecule has 0 atom stereocenters. The van der Waals surface area contributed by atoms with Crippen LogP contribution in [0.25, 0.3) is 0 Å². The number of pyridine rings is 1. The normalized spacial score (nSPS) is 10.4. The molecule has 2 heterocycles. The SMILES string of the molecule is CCSc1cc(C(=O)c2c[nH]c(=S)[nH]2)ccn1. The van der Waals surface area contributed by atoms with Crippen LogP contribution >= 0.6 is 24.0 Å². The zero-order valence-electron chi connectivity index (χ0n) is 9.19. The molecule has 88 valence electrons. The van der Waals surface area contributed by atoms with Crippen molar-refractivity contribution in [3.05, 3.63) is 40.6 Å². The molecule has 0 aliphatic heterocycles. The van der Waals surface area contributed by atoms with Crippen LogP contribution in [-0.2, 0) is 0 Å². The van der Waals surface area contributed by atoms with E-state index in [4.69, 9.17) is 12.2 Å². The van der Waals surface area contributed by atoms with Gasteiger partial charge in [-0.05, 0) is 30.1 Å². The summed E-state index contributed by atoms with van der Waals surface area (Å²) in [4.78, 5) is 21.8.